The van der Waals surface area contributed by atoms with Gasteiger partial charge in [0.1, 0.15) is 9.84 Å². The molecule has 1 rings (SSSR count). The number of hydrogen-bond acceptors (Lipinski definition) is 3. The second kappa shape index (κ2) is 6.34. The first kappa shape index (κ1) is 15.2. The van der Waals surface area contributed by atoms with Crippen molar-refractivity contribution in [3.63, 3.8) is 0 Å². The summed E-state index contributed by atoms with van der Waals surface area (Å²) in [6, 6.07) is 8.83. The van der Waals surface area contributed by atoms with Gasteiger partial charge in [-0.15, -0.1) is 0 Å². The molecule has 0 aliphatic rings. The van der Waals surface area contributed by atoms with Gasteiger partial charge in [0.25, 0.3) is 0 Å². The minimum absolute atomic E-state index is 0.224. The highest BCUT2D eigenvalue weighted by atomic mass is 32.2. The van der Waals surface area contributed by atoms with Crippen molar-refractivity contribution in [1.82, 2.24) is 4.90 Å². The van der Waals surface area contributed by atoms with Crippen LogP contribution in [0.3, 0.4) is 0 Å². The molecule has 0 aliphatic carbocycles. The molecule has 18 heavy (non-hydrogen) atoms. The van der Waals surface area contributed by atoms with E-state index in [1.807, 2.05) is 7.05 Å². The molecule has 0 aliphatic heterocycles. The predicted molar refractivity (Wildman–Crippen MR) is 76.7 cm³/mol. The Morgan fingerprint density at radius 2 is 1.78 bits per heavy atom. The summed E-state index contributed by atoms with van der Waals surface area (Å²) in [5.74, 6) is 0.224. The average molecular weight is 269 g/mol. The van der Waals surface area contributed by atoms with E-state index in [1.165, 1.54) is 17.4 Å². The van der Waals surface area contributed by atoms with Gasteiger partial charge < -0.3 is 4.90 Å². The fraction of sp³-hybridized carbons (Fsp3) is 0.571. The Kier molecular flexibility index (Phi) is 5.35. The molecule has 0 fully saturated rings. The lowest BCUT2D eigenvalue weighted by molar-refractivity contribution is 0.270. The standard InChI is InChI=1S/C14H23NO2S/c1-12-5-7-14(8-6-12)11-13(2)15(3)9-10-18(4,16)17/h5-8,13H,9-11H2,1-4H3/t13-/m0/s1. The maximum Gasteiger partial charge on any atom is 0.148 e. The molecule has 3 nitrogen and oxygen atoms in total. The predicted octanol–water partition coefficient (Wildman–Crippen LogP) is 1.90. The molecular formula is C14H23NO2S. The summed E-state index contributed by atoms with van der Waals surface area (Å²) in [4.78, 5) is 2.10. The van der Waals surface area contributed by atoms with Gasteiger partial charge in [-0.3, -0.25) is 0 Å². The minimum Gasteiger partial charge on any atom is -0.302 e. The Balaban J connectivity index is 2.49. The molecule has 4 heteroatoms. The smallest absolute Gasteiger partial charge is 0.148 e. The molecule has 102 valence electrons. The van der Waals surface area contributed by atoms with Crippen LogP contribution in [0.1, 0.15) is 18.1 Å². The van der Waals surface area contributed by atoms with E-state index in [0.29, 0.717) is 12.6 Å². The van der Waals surface area contributed by atoms with Crippen LogP contribution in [0.25, 0.3) is 0 Å². The van der Waals surface area contributed by atoms with Gasteiger partial charge in [-0.1, -0.05) is 29.8 Å². The maximum absolute atomic E-state index is 11.1. The van der Waals surface area contributed by atoms with Crippen molar-refractivity contribution >= 4 is 9.84 Å². The normalized spacial score (nSPS) is 13.8. The average Bonchev–Trinajstić information content (AvgIpc) is 2.28. The van der Waals surface area contributed by atoms with Gasteiger partial charge in [-0.2, -0.15) is 0 Å². The SMILES string of the molecule is Cc1ccc(C[C@H](C)N(C)CCS(C)(=O)=O)cc1. The number of likely N-dealkylation sites (N-methyl/N-ethyl adjacent to an activating group) is 1. The van der Waals surface area contributed by atoms with E-state index in [9.17, 15) is 8.42 Å². The third-order valence-corrected chi connectivity index (χ3v) is 4.14. The third-order valence-electron chi connectivity index (χ3n) is 3.22. The van der Waals surface area contributed by atoms with Gasteiger partial charge in [0.2, 0.25) is 0 Å². The fourth-order valence-corrected chi connectivity index (χ4v) is 2.37. The van der Waals surface area contributed by atoms with Crippen LogP contribution >= 0.6 is 0 Å². The van der Waals surface area contributed by atoms with Crippen molar-refractivity contribution in [1.29, 1.82) is 0 Å². The molecule has 0 N–H and O–H groups in total. The zero-order chi connectivity index (χ0) is 13.8. The second-order valence-electron chi connectivity index (χ2n) is 5.15. The van der Waals surface area contributed by atoms with E-state index in [-0.39, 0.29) is 5.75 Å². The molecule has 0 bridgehead atoms. The van der Waals surface area contributed by atoms with Gasteiger partial charge >= 0.3 is 0 Å². The topological polar surface area (TPSA) is 37.4 Å². The van der Waals surface area contributed by atoms with Crippen LogP contribution in [-0.2, 0) is 16.3 Å². The van der Waals surface area contributed by atoms with Crippen molar-refractivity contribution in [3.05, 3.63) is 35.4 Å². The monoisotopic (exact) mass is 269 g/mol. The Morgan fingerprint density at radius 1 is 1.22 bits per heavy atom. The fourth-order valence-electron chi connectivity index (χ4n) is 1.75. The first-order valence-corrected chi connectivity index (χ1v) is 8.27. The molecule has 0 amide bonds. The summed E-state index contributed by atoms with van der Waals surface area (Å²) in [6.07, 6.45) is 2.23. The third kappa shape index (κ3) is 5.65. The van der Waals surface area contributed by atoms with Gasteiger partial charge in [-0.25, -0.2) is 8.42 Å². The summed E-state index contributed by atoms with van der Waals surface area (Å²) in [6.45, 7) is 4.79. The van der Waals surface area contributed by atoms with Crippen LogP contribution in [0.5, 0.6) is 0 Å². The Bertz CT molecular complexity index is 465. The Labute approximate surface area is 111 Å². The minimum atomic E-state index is -2.87. The maximum atomic E-state index is 11.1. The molecule has 0 heterocycles. The highest BCUT2D eigenvalue weighted by Gasteiger charge is 2.12. The van der Waals surface area contributed by atoms with E-state index in [4.69, 9.17) is 0 Å². The number of benzene rings is 1. The van der Waals surface area contributed by atoms with Gasteiger partial charge in [0.05, 0.1) is 5.75 Å². The highest BCUT2D eigenvalue weighted by Crippen LogP contribution is 2.09. The van der Waals surface area contributed by atoms with Crippen molar-refractivity contribution in [3.8, 4) is 0 Å². The van der Waals surface area contributed by atoms with Gasteiger partial charge in [-0.05, 0) is 32.9 Å². The summed E-state index contributed by atoms with van der Waals surface area (Å²) in [5, 5.41) is 0. The zero-order valence-electron chi connectivity index (χ0n) is 11.7. The summed E-state index contributed by atoms with van der Waals surface area (Å²) >= 11 is 0. The zero-order valence-corrected chi connectivity index (χ0v) is 12.5. The molecule has 0 saturated heterocycles. The molecule has 1 atom stereocenters. The lowest BCUT2D eigenvalue weighted by Crippen LogP contribution is -2.34. The van der Waals surface area contributed by atoms with Crippen LogP contribution < -0.4 is 0 Å². The second-order valence-corrected chi connectivity index (χ2v) is 7.41. The van der Waals surface area contributed by atoms with Crippen molar-refractivity contribution in [2.24, 2.45) is 0 Å². The molecule has 1 aromatic carbocycles. The van der Waals surface area contributed by atoms with E-state index < -0.39 is 9.84 Å². The summed E-state index contributed by atoms with van der Waals surface area (Å²) in [5.41, 5.74) is 2.55. The number of hydrogen-bond donors (Lipinski definition) is 0. The molecule has 0 spiro atoms. The lowest BCUT2D eigenvalue weighted by atomic mass is 10.0. The number of sulfone groups is 1. The largest absolute Gasteiger partial charge is 0.302 e. The quantitative estimate of drug-likeness (QED) is 0.791. The number of rotatable bonds is 6. The van der Waals surface area contributed by atoms with Gasteiger partial charge in [0.15, 0.2) is 0 Å². The van der Waals surface area contributed by atoms with Crippen LogP contribution in [0.2, 0.25) is 0 Å². The Hall–Kier alpha value is -0.870. The number of nitrogens with zero attached hydrogens (tertiary/aromatic N) is 1. The highest BCUT2D eigenvalue weighted by molar-refractivity contribution is 7.90. The molecule has 1 aromatic rings. The van der Waals surface area contributed by atoms with Gasteiger partial charge in [0, 0.05) is 18.8 Å². The summed E-state index contributed by atoms with van der Waals surface area (Å²) in [7, 11) is -0.897. The molecule has 0 unspecified atom stereocenters. The molecular weight excluding hydrogens is 246 g/mol. The first-order chi connectivity index (χ1) is 8.28. The van der Waals surface area contributed by atoms with Crippen LogP contribution in [-0.4, -0.2) is 45.0 Å². The molecule has 0 radical (unpaired) electrons. The van der Waals surface area contributed by atoms with Crippen molar-refractivity contribution in [2.75, 3.05) is 25.6 Å². The van der Waals surface area contributed by atoms with E-state index >= 15 is 0 Å². The first-order valence-electron chi connectivity index (χ1n) is 6.21. The van der Waals surface area contributed by atoms with Crippen LogP contribution in [0.15, 0.2) is 24.3 Å². The number of aryl methyl sites for hydroxylation is 1. The van der Waals surface area contributed by atoms with E-state index in [2.05, 4.69) is 43.0 Å². The lowest BCUT2D eigenvalue weighted by Gasteiger charge is -2.24. The van der Waals surface area contributed by atoms with E-state index in [1.54, 1.807) is 0 Å². The van der Waals surface area contributed by atoms with E-state index in [0.717, 1.165) is 6.42 Å². The van der Waals surface area contributed by atoms with Crippen molar-refractivity contribution in [2.45, 2.75) is 26.3 Å². The van der Waals surface area contributed by atoms with Crippen LogP contribution in [0, 0.1) is 6.92 Å². The Morgan fingerprint density at radius 3 is 2.28 bits per heavy atom. The molecule has 0 aromatic heterocycles. The summed E-state index contributed by atoms with van der Waals surface area (Å²) < 4.78 is 22.3. The van der Waals surface area contributed by atoms with Crippen LogP contribution in [0.4, 0.5) is 0 Å². The van der Waals surface area contributed by atoms with Crippen molar-refractivity contribution < 1.29 is 8.42 Å². The molecule has 0 saturated carbocycles.